The van der Waals surface area contributed by atoms with Crippen LogP contribution >= 0.6 is 0 Å². The highest BCUT2D eigenvalue weighted by Crippen LogP contribution is 2.50. The van der Waals surface area contributed by atoms with Crippen molar-refractivity contribution >= 4 is 87.2 Å². The Kier molecular flexibility index (Phi) is 11.7. The number of aromatic nitrogens is 5. The van der Waals surface area contributed by atoms with Crippen LogP contribution in [-0.2, 0) is 0 Å². The molecule has 0 radical (unpaired) electrons. The van der Waals surface area contributed by atoms with Gasteiger partial charge in [-0.3, -0.25) is 9.13 Å². The van der Waals surface area contributed by atoms with E-state index in [0.29, 0.717) is 67.4 Å². The van der Waals surface area contributed by atoms with Gasteiger partial charge >= 0.3 is 0 Å². The summed E-state index contributed by atoms with van der Waals surface area (Å²) < 4.78 is 8.86. The Balaban J connectivity index is 1.22. The van der Waals surface area contributed by atoms with E-state index in [1.807, 2.05) is 133 Å². The van der Waals surface area contributed by atoms with E-state index in [1.54, 1.807) is 12.1 Å². The second kappa shape index (κ2) is 20.2. The van der Waals surface area contributed by atoms with E-state index < -0.39 is 0 Å². The van der Waals surface area contributed by atoms with Gasteiger partial charge in [-0.05, 0) is 175 Å². The Morgan fingerprint density at radius 1 is 0.256 bits per heavy atom. The van der Waals surface area contributed by atoms with E-state index in [-0.39, 0.29) is 0 Å². The number of pyridine rings is 1. The minimum absolute atomic E-state index is 0.438. The summed E-state index contributed by atoms with van der Waals surface area (Å²) in [7, 11) is 0. The van der Waals surface area contributed by atoms with Crippen molar-refractivity contribution in [2.75, 3.05) is 0 Å². The van der Waals surface area contributed by atoms with Crippen molar-refractivity contribution in [1.82, 2.24) is 23.3 Å². The minimum Gasteiger partial charge on any atom is -0.305 e. The third kappa shape index (κ3) is 7.90. The molecule has 0 atom stereocenters. The molecule has 0 N–H and O–H groups in total. The van der Waals surface area contributed by atoms with Gasteiger partial charge in [-0.1, -0.05) is 102 Å². The fraction of sp³-hybridized carbons (Fsp3) is 0.0253. The molecular weight excluding hydrogens is 1100 g/mol. The van der Waals surface area contributed by atoms with Crippen molar-refractivity contribution in [3.8, 4) is 92.8 Å². The Hall–Kier alpha value is -13.3. The van der Waals surface area contributed by atoms with Crippen molar-refractivity contribution in [2.45, 2.75) is 13.8 Å². The number of rotatable bonds is 7. The highest BCUT2D eigenvalue weighted by atomic mass is 15.2. The average molecular weight is 1150 g/mol. The predicted octanol–water partition coefficient (Wildman–Crippen LogP) is 18.3. The van der Waals surface area contributed by atoms with Gasteiger partial charge in [0, 0.05) is 48.7 Å². The van der Waals surface area contributed by atoms with Crippen molar-refractivity contribution in [3.05, 3.63) is 269 Å². The number of hydrogen-bond acceptors (Lipinski definition) is 7. The maximum absolute atomic E-state index is 10.6. The quantitative estimate of drug-likeness (QED) is 0.153. The fourth-order valence-electron chi connectivity index (χ4n) is 13.7. The number of nitriles is 6. The molecule has 5 heterocycles. The molecule has 11 nitrogen and oxygen atoms in total. The average Bonchev–Trinajstić information content (AvgIpc) is 1.48. The third-order valence-corrected chi connectivity index (χ3v) is 17.5. The first kappa shape index (κ1) is 52.3. The highest BCUT2D eigenvalue weighted by molar-refractivity contribution is 6.17. The molecule has 0 saturated carbocycles. The summed E-state index contributed by atoms with van der Waals surface area (Å²) >= 11 is 0. The van der Waals surface area contributed by atoms with Gasteiger partial charge in [-0.25, -0.2) is 4.98 Å². The van der Waals surface area contributed by atoms with E-state index in [2.05, 4.69) is 147 Å². The van der Waals surface area contributed by atoms with Gasteiger partial charge in [0.1, 0.15) is 11.4 Å². The van der Waals surface area contributed by atoms with Gasteiger partial charge in [0.15, 0.2) is 11.6 Å². The Bertz CT molecular complexity index is 5800. The van der Waals surface area contributed by atoms with Crippen LogP contribution in [-0.4, -0.2) is 23.3 Å². The molecule has 0 bridgehead atoms. The smallest absolute Gasteiger partial charge is 0.165 e. The van der Waals surface area contributed by atoms with Crippen LogP contribution in [0.3, 0.4) is 0 Å². The molecular formula is C79H43N11. The molecule has 414 valence electrons. The molecule has 0 fully saturated rings. The number of hydrogen-bond donors (Lipinski definition) is 0. The zero-order valence-electron chi connectivity index (χ0n) is 48.3. The van der Waals surface area contributed by atoms with Gasteiger partial charge in [0.25, 0.3) is 0 Å². The van der Waals surface area contributed by atoms with Crippen LogP contribution in [0.5, 0.6) is 0 Å². The van der Waals surface area contributed by atoms with Gasteiger partial charge < -0.3 is 9.13 Å². The lowest BCUT2D eigenvalue weighted by Crippen LogP contribution is -2.16. The summed E-state index contributed by atoms with van der Waals surface area (Å²) in [5, 5.41) is 69.9. The van der Waals surface area contributed by atoms with Crippen LogP contribution in [0.15, 0.2) is 224 Å². The topological polar surface area (TPSA) is 175 Å². The lowest BCUT2D eigenvalue weighted by molar-refractivity contribution is 0.961. The lowest BCUT2D eigenvalue weighted by Gasteiger charge is -2.27. The van der Waals surface area contributed by atoms with E-state index >= 15 is 0 Å². The molecule has 0 amide bonds. The van der Waals surface area contributed by atoms with Gasteiger partial charge in [0.05, 0.1) is 114 Å². The monoisotopic (exact) mass is 1150 g/mol. The van der Waals surface area contributed by atoms with Gasteiger partial charge in [-0.15, -0.1) is 0 Å². The standard InChI is InChI=1S/C79H43N11/c1-46-29-47(2)31-58(30-46)75-76(87-67-21-13-48(40-80)32-59(67)60-33-49(41-81)14-22-68(60)87)78(89-71-25-17-52(44-84)36-63(71)64-37-53(45-85)18-26-72(64)89)86-79(77(75)88-69-23-15-50(42-82)34-61(69)62-35-51(43-83)16-24-70(62)88)90-73-27-19-56(54-9-5-3-6-10-54)38-65(73)66-39-57(20-28-74(66)90)55-11-7-4-8-12-55/h3-39H,1-2H3. The zero-order valence-corrected chi connectivity index (χ0v) is 48.3. The van der Waals surface area contributed by atoms with E-state index in [4.69, 9.17) is 4.98 Å². The fourth-order valence-corrected chi connectivity index (χ4v) is 13.7. The molecule has 5 aromatic heterocycles. The van der Waals surface area contributed by atoms with Crippen LogP contribution in [0.4, 0.5) is 0 Å². The molecule has 0 spiro atoms. The minimum atomic E-state index is 0.438. The van der Waals surface area contributed by atoms with E-state index in [1.165, 1.54) is 0 Å². The molecule has 16 aromatic rings. The number of aryl methyl sites for hydroxylation is 2. The van der Waals surface area contributed by atoms with Crippen molar-refractivity contribution in [2.24, 2.45) is 0 Å². The second-order valence-electron chi connectivity index (χ2n) is 22.8. The largest absolute Gasteiger partial charge is 0.305 e. The maximum Gasteiger partial charge on any atom is 0.165 e. The maximum atomic E-state index is 10.6. The molecule has 0 aliphatic heterocycles. The number of fused-ring (bicyclic) bond motifs is 12. The zero-order chi connectivity index (χ0) is 61.1. The lowest BCUT2D eigenvalue weighted by atomic mass is 9.96. The van der Waals surface area contributed by atoms with Crippen LogP contribution in [0.25, 0.3) is 144 Å². The Labute approximate surface area is 514 Å². The molecule has 90 heavy (non-hydrogen) atoms. The molecule has 11 heteroatoms. The summed E-state index contributed by atoms with van der Waals surface area (Å²) in [6.07, 6.45) is 0. The highest BCUT2D eigenvalue weighted by Gasteiger charge is 2.33. The predicted molar refractivity (Wildman–Crippen MR) is 356 cm³/mol. The molecule has 0 unspecified atom stereocenters. The molecule has 11 aromatic carbocycles. The summed E-state index contributed by atoms with van der Waals surface area (Å²) in [4.78, 5) is 6.35. The first-order valence-corrected chi connectivity index (χ1v) is 29.2. The van der Waals surface area contributed by atoms with Crippen molar-refractivity contribution in [1.29, 1.82) is 31.6 Å². The van der Waals surface area contributed by atoms with Crippen LogP contribution in [0.1, 0.15) is 44.5 Å². The summed E-state index contributed by atoms with van der Waals surface area (Å²) in [5.41, 5.74) is 17.7. The molecule has 0 saturated heterocycles. The van der Waals surface area contributed by atoms with Crippen molar-refractivity contribution in [3.63, 3.8) is 0 Å². The van der Waals surface area contributed by atoms with E-state index in [9.17, 15) is 31.6 Å². The first-order chi connectivity index (χ1) is 44.1. The van der Waals surface area contributed by atoms with Crippen molar-refractivity contribution < 1.29 is 0 Å². The molecule has 16 rings (SSSR count). The second-order valence-corrected chi connectivity index (χ2v) is 22.8. The summed E-state index contributed by atoms with van der Waals surface area (Å²) in [6.45, 7) is 4.18. The first-order valence-electron chi connectivity index (χ1n) is 29.2. The van der Waals surface area contributed by atoms with Crippen LogP contribution in [0.2, 0.25) is 0 Å². The SMILES string of the molecule is Cc1cc(C)cc(-c2c(-n3c4ccc(C#N)cc4c4cc(C#N)ccc43)c(-n3c4ccc(C#N)cc4c4cc(C#N)ccc43)nc(-n3c4ccc(-c5ccccc5)cc4c4cc(-c5ccccc5)ccc43)c2-n2c3ccc(C#N)cc3c3cc(C#N)ccc32)c1. The Morgan fingerprint density at radius 2 is 0.522 bits per heavy atom. The van der Waals surface area contributed by atoms with Crippen LogP contribution in [0, 0.1) is 81.8 Å². The summed E-state index contributed by atoms with van der Waals surface area (Å²) in [5.74, 6) is 0.993. The van der Waals surface area contributed by atoms with Gasteiger partial charge in [-0.2, -0.15) is 31.6 Å². The number of nitrogens with zero attached hydrogens (tertiary/aromatic N) is 11. The van der Waals surface area contributed by atoms with Crippen LogP contribution < -0.4 is 0 Å². The summed E-state index contributed by atoms with van der Waals surface area (Å²) in [6, 6.07) is 88.7. The third-order valence-electron chi connectivity index (χ3n) is 17.5. The molecule has 0 aliphatic carbocycles. The van der Waals surface area contributed by atoms with E-state index in [0.717, 1.165) is 121 Å². The number of benzene rings is 11. The van der Waals surface area contributed by atoms with Gasteiger partial charge in [0.2, 0.25) is 0 Å². The Morgan fingerprint density at radius 3 is 0.811 bits per heavy atom. The normalized spacial score (nSPS) is 11.4. The molecule has 0 aliphatic rings.